The van der Waals surface area contributed by atoms with Crippen molar-refractivity contribution in [2.45, 2.75) is 18.9 Å². The molecule has 1 aliphatic heterocycles. The number of nitrogens with one attached hydrogen (secondary N) is 2. The minimum absolute atomic E-state index is 0.0972. The third-order valence-corrected chi connectivity index (χ3v) is 4.92. The van der Waals surface area contributed by atoms with E-state index in [1.807, 2.05) is 12.1 Å². The van der Waals surface area contributed by atoms with Crippen molar-refractivity contribution in [3.63, 3.8) is 0 Å². The molecule has 1 atom stereocenters. The maximum Gasteiger partial charge on any atom is 0.320 e. The zero-order valence-electron chi connectivity index (χ0n) is 16.1. The van der Waals surface area contributed by atoms with E-state index in [1.54, 1.807) is 47.5 Å². The van der Waals surface area contributed by atoms with E-state index in [9.17, 15) is 14.0 Å². The van der Waals surface area contributed by atoms with Crippen LogP contribution in [0.2, 0.25) is 0 Å². The van der Waals surface area contributed by atoms with E-state index in [2.05, 4.69) is 20.6 Å². The summed E-state index contributed by atoms with van der Waals surface area (Å²) in [6, 6.07) is 14.9. The fourth-order valence-electron chi connectivity index (χ4n) is 3.46. The number of benzene rings is 1. The molecule has 1 aliphatic rings. The Labute approximate surface area is 173 Å². The molecule has 0 bridgehead atoms. The molecule has 0 radical (unpaired) electrons. The molecule has 8 heteroatoms. The second kappa shape index (κ2) is 8.69. The molecule has 0 saturated carbocycles. The summed E-state index contributed by atoms with van der Waals surface area (Å²) in [6.45, 7) is 0.649. The van der Waals surface area contributed by atoms with Crippen LogP contribution < -0.4 is 15.5 Å². The van der Waals surface area contributed by atoms with Crippen LogP contribution in [0, 0.1) is 5.82 Å². The van der Waals surface area contributed by atoms with Gasteiger partial charge in [0.25, 0.3) is 0 Å². The molecule has 30 heavy (non-hydrogen) atoms. The maximum atomic E-state index is 14.1. The number of pyridine rings is 2. The highest BCUT2D eigenvalue weighted by Crippen LogP contribution is 2.33. The van der Waals surface area contributed by atoms with Crippen molar-refractivity contribution in [2.24, 2.45) is 0 Å². The highest BCUT2D eigenvalue weighted by molar-refractivity contribution is 5.97. The highest BCUT2D eigenvalue weighted by atomic mass is 19.1. The predicted molar refractivity (Wildman–Crippen MR) is 110 cm³/mol. The lowest BCUT2D eigenvalue weighted by molar-refractivity contribution is -0.117. The fourth-order valence-corrected chi connectivity index (χ4v) is 3.46. The maximum absolute atomic E-state index is 14.1. The van der Waals surface area contributed by atoms with Crippen LogP contribution in [0.1, 0.15) is 23.6 Å². The number of urea groups is 1. The Morgan fingerprint density at radius 3 is 2.73 bits per heavy atom. The van der Waals surface area contributed by atoms with E-state index in [4.69, 9.17) is 0 Å². The van der Waals surface area contributed by atoms with Gasteiger partial charge < -0.3 is 10.2 Å². The van der Waals surface area contributed by atoms with Gasteiger partial charge in [-0.25, -0.2) is 14.2 Å². The number of amides is 3. The molecule has 1 saturated heterocycles. The number of nitrogens with zero attached hydrogens (tertiary/aromatic N) is 3. The second-order valence-electron chi connectivity index (χ2n) is 6.95. The number of hydrogen-bond acceptors (Lipinski definition) is 4. The van der Waals surface area contributed by atoms with Gasteiger partial charge in [0.1, 0.15) is 11.6 Å². The van der Waals surface area contributed by atoms with Gasteiger partial charge in [-0.05, 0) is 29.8 Å². The Morgan fingerprint density at radius 2 is 1.93 bits per heavy atom. The van der Waals surface area contributed by atoms with E-state index < -0.39 is 6.03 Å². The van der Waals surface area contributed by atoms with Crippen LogP contribution in [0.5, 0.6) is 0 Å². The van der Waals surface area contributed by atoms with E-state index in [1.165, 1.54) is 12.3 Å². The van der Waals surface area contributed by atoms with Crippen LogP contribution in [0.4, 0.5) is 20.7 Å². The fraction of sp³-hybridized carbons (Fsp3) is 0.182. The largest absolute Gasteiger partial charge is 0.332 e. The van der Waals surface area contributed by atoms with Gasteiger partial charge in [0.2, 0.25) is 5.91 Å². The van der Waals surface area contributed by atoms with E-state index in [0.717, 1.165) is 5.69 Å². The smallest absolute Gasteiger partial charge is 0.320 e. The van der Waals surface area contributed by atoms with Gasteiger partial charge in [0.15, 0.2) is 0 Å². The van der Waals surface area contributed by atoms with Gasteiger partial charge in [-0.3, -0.25) is 15.1 Å². The molecular formula is C22H20FN5O2. The van der Waals surface area contributed by atoms with Gasteiger partial charge in [0, 0.05) is 43.0 Å². The molecule has 3 heterocycles. The van der Waals surface area contributed by atoms with E-state index >= 15 is 0 Å². The molecule has 7 nitrogen and oxygen atoms in total. The Kier molecular flexibility index (Phi) is 5.65. The van der Waals surface area contributed by atoms with Crippen molar-refractivity contribution in [2.75, 3.05) is 16.8 Å². The molecule has 0 aliphatic carbocycles. The van der Waals surface area contributed by atoms with Crippen LogP contribution in [0.15, 0.2) is 67.0 Å². The lowest BCUT2D eigenvalue weighted by Crippen LogP contribution is -2.29. The van der Waals surface area contributed by atoms with Crippen molar-refractivity contribution >= 4 is 23.4 Å². The minimum atomic E-state index is -0.428. The summed E-state index contributed by atoms with van der Waals surface area (Å²) < 4.78 is 14.1. The van der Waals surface area contributed by atoms with Crippen LogP contribution in [0.25, 0.3) is 0 Å². The molecule has 1 aromatic carbocycles. The van der Waals surface area contributed by atoms with Gasteiger partial charge in [0.05, 0.1) is 12.2 Å². The van der Waals surface area contributed by atoms with Gasteiger partial charge in [-0.2, -0.15) is 0 Å². The van der Waals surface area contributed by atoms with E-state index in [-0.39, 0.29) is 30.6 Å². The number of carbonyl (C=O) groups is 2. The van der Waals surface area contributed by atoms with Gasteiger partial charge >= 0.3 is 6.03 Å². The zero-order valence-corrected chi connectivity index (χ0v) is 16.1. The lowest BCUT2D eigenvalue weighted by atomic mass is 9.98. The minimum Gasteiger partial charge on any atom is -0.332 e. The predicted octanol–water partition coefficient (Wildman–Crippen LogP) is 3.46. The first-order valence-electron chi connectivity index (χ1n) is 9.56. The van der Waals surface area contributed by atoms with Crippen molar-refractivity contribution in [1.29, 1.82) is 0 Å². The summed E-state index contributed by atoms with van der Waals surface area (Å²) in [6.07, 6.45) is 3.41. The average Bonchev–Trinajstić information content (AvgIpc) is 3.15. The van der Waals surface area contributed by atoms with Crippen LogP contribution >= 0.6 is 0 Å². The van der Waals surface area contributed by atoms with Crippen molar-refractivity contribution in [3.8, 4) is 0 Å². The van der Waals surface area contributed by atoms with Gasteiger partial charge in [-0.1, -0.05) is 24.3 Å². The second-order valence-corrected chi connectivity index (χ2v) is 6.95. The van der Waals surface area contributed by atoms with Crippen LogP contribution in [-0.2, 0) is 11.3 Å². The molecule has 2 aromatic heterocycles. The molecule has 3 amide bonds. The molecule has 0 spiro atoms. The molecular weight excluding hydrogens is 385 g/mol. The lowest BCUT2D eigenvalue weighted by Gasteiger charge is -2.18. The summed E-state index contributed by atoms with van der Waals surface area (Å²) in [5.74, 6) is -0.308. The van der Waals surface area contributed by atoms with Crippen molar-refractivity contribution in [3.05, 3.63) is 84.1 Å². The number of hydrogen-bond donors (Lipinski definition) is 2. The average molecular weight is 405 g/mol. The third-order valence-electron chi connectivity index (χ3n) is 4.92. The summed E-state index contributed by atoms with van der Waals surface area (Å²) in [5.41, 5.74) is 1.87. The molecule has 2 N–H and O–H groups in total. The normalized spacial score (nSPS) is 15.8. The first-order chi connectivity index (χ1) is 14.6. The number of halogens is 1. The third kappa shape index (κ3) is 4.43. The Bertz CT molecular complexity index is 1060. The topological polar surface area (TPSA) is 87.2 Å². The van der Waals surface area contributed by atoms with Crippen molar-refractivity contribution < 1.29 is 14.0 Å². The monoisotopic (exact) mass is 405 g/mol. The highest BCUT2D eigenvalue weighted by Gasteiger charge is 2.33. The molecule has 1 fully saturated rings. The number of anilines is 2. The standard InChI is InChI=1S/C22H20FN5O2/c23-19-7-2-1-6-18(19)15-11-21(29)28(14-15)17-8-10-25-20(12-17)27-22(30)26-13-16-5-3-4-9-24-16/h1-10,12,15H,11,13-14H2,(H2,25,26,27,30). The quantitative estimate of drug-likeness (QED) is 0.681. The van der Waals surface area contributed by atoms with Crippen molar-refractivity contribution in [1.82, 2.24) is 15.3 Å². The number of carbonyl (C=O) groups excluding carboxylic acids is 2. The number of rotatable bonds is 5. The molecule has 3 aromatic rings. The Balaban J connectivity index is 1.41. The van der Waals surface area contributed by atoms with E-state index in [0.29, 0.717) is 23.6 Å². The van der Waals surface area contributed by atoms with Crippen LogP contribution in [0.3, 0.4) is 0 Å². The van der Waals surface area contributed by atoms with Crippen LogP contribution in [-0.4, -0.2) is 28.5 Å². The molecule has 4 rings (SSSR count). The summed E-state index contributed by atoms with van der Waals surface area (Å²) in [7, 11) is 0. The SMILES string of the molecule is O=C(NCc1ccccn1)Nc1cc(N2CC(c3ccccc3F)CC2=O)ccn1. The summed E-state index contributed by atoms with van der Waals surface area (Å²) >= 11 is 0. The molecule has 1 unspecified atom stereocenters. The first-order valence-corrected chi connectivity index (χ1v) is 9.56. The zero-order chi connectivity index (χ0) is 20.9. The number of aromatic nitrogens is 2. The Morgan fingerprint density at radius 1 is 1.10 bits per heavy atom. The first kappa shape index (κ1) is 19.5. The van der Waals surface area contributed by atoms with Gasteiger partial charge in [-0.15, -0.1) is 0 Å². The summed E-state index contributed by atoms with van der Waals surface area (Å²) in [4.78, 5) is 34.6. The summed E-state index contributed by atoms with van der Waals surface area (Å²) in [5, 5.41) is 5.36. The Hall–Kier alpha value is -3.81. The molecule has 152 valence electrons.